The van der Waals surface area contributed by atoms with Crippen LogP contribution in [0.2, 0.25) is 0 Å². The number of carbonyl (C=O) groups is 1. The zero-order valence-electron chi connectivity index (χ0n) is 11.1. The molecule has 4 heteroatoms. The summed E-state index contributed by atoms with van der Waals surface area (Å²) in [7, 11) is 1.95. The number of hydrogen-bond donors (Lipinski definition) is 1. The zero-order valence-corrected chi connectivity index (χ0v) is 11.1. The highest BCUT2D eigenvalue weighted by molar-refractivity contribution is 5.78. The lowest BCUT2D eigenvalue weighted by Gasteiger charge is -2.30. The topological polar surface area (TPSA) is 43.8 Å². The number of rotatable bonds is 4. The van der Waals surface area contributed by atoms with Crippen molar-refractivity contribution in [1.82, 2.24) is 9.80 Å². The summed E-state index contributed by atoms with van der Waals surface area (Å²) < 4.78 is 0. The third-order valence-electron chi connectivity index (χ3n) is 3.03. The van der Waals surface area contributed by atoms with Crippen molar-refractivity contribution >= 4 is 5.91 Å². The number of nitrogens with zero attached hydrogens (tertiary/aromatic N) is 2. The molecule has 0 aromatic carbocycles. The number of aliphatic hydroxyl groups is 1. The van der Waals surface area contributed by atoms with Crippen molar-refractivity contribution in [2.24, 2.45) is 0 Å². The van der Waals surface area contributed by atoms with E-state index < -0.39 is 0 Å². The van der Waals surface area contributed by atoms with Gasteiger partial charge in [0, 0.05) is 19.6 Å². The molecular formula is C13H24N2O2. The van der Waals surface area contributed by atoms with E-state index in [4.69, 9.17) is 0 Å². The molecular weight excluding hydrogens is 216 g/mol. The molecule has 0 radical (unpaired) electrons. The lowest BCUT2D eigenvalue weighted by Crippen LogP contribution is -2.44. The van der Waals surface area contributed by atoms with Crippen LogP contribution in [0, 0.1) is 0 Å². The minimum absolute atomic E-state index is 0.168. The monoisotopic (exact) mass is 240 g/mol. The van der Waals surface area contributed by atoms with Crippen LogP contribution >= 0.6 is 0 Å². The van der Waals surface area contributed by atoms with Gasteiger partial charge in [-0.2, -0.15) is 0 Å². The normalized spacial score (nSPS) is 17.4. The molecule has 1 N–H and O–H groups in total. The highest BCUT2D eigenvalue weighted by Crippen LogP contribution is 2.10. The van der Waals surface area contributed by atoms with Gasteiger partial charge in [-0.05, 0) is 33.7 Å². The molecule has 0 bridgehead atoms. The fourth-order valence-corrected chi connectivity index (χ4v) is 1.85. The Balaban J connectivity index is 2.31. The highest BCUT2D eigenvalue weighted by atomic mass is 16.3. The van der Waals surface area contributed by atoms with Gasteiger partial charge < -0.3 is 10.0 Å². The Kier molecular flexibility index (Phi) is 5.65. The number of likely N-dealkylation sites (tertiary alicyclic amines) is 1. The smallest absolute Gasteiger partial charge is 0.236 e. The van der Waals surface area contributed by atoms with E-state index in [9.17, 15) is 9.90 Å². The molecule has 0 aromatic heterocycles. The summed E-state index contributed by atoms with van der Waals surface area (Å²) in [4.78, 5) is 15.8. The molecule has 0 aromatic rings. The molecule has 0 unspecified atom stereocenters. The summed E-state index contributed by atoms with van der Waals surface area (Å²) in [6.07, 6.45) is 3.32. The second-order valence-corrected chi connectivity index (χ2v) is 5.09. The molecule has 1 fully saturated rings. The fourth-order valence-electron chi connectivity index (χ4n) is 1.85. The van der Waals surface area contributed by atoms with E-state index in [1.165, 1.54) is 5.57 Å². The van der Waals surface area contributed by atoms with Crippen LogP contribution in [0.15, 0.2) is 11.6 Å². The van der Waals surface area contributed by atoms with E-state index >= 15 is 0 Å². The Morgan fingerprint density at radius 2 is 2.00 bits per heavy atom. The number of aliphatic hydroxyl groups excluding tert-OH is 1. The van der Waals surface area contributed by atoms with Crippen molar-refractivity contribution in [1.29, 1.82) is 0 Å². The van der Waals surface area contributed by atoms with Gasteiger partial charge in [0.2, 0.25) is 5.91 Å². The SMILES string of the molecule is CC(C)=CCN(C)CC(=O)N1CCC(O)CC1. The Morgan fingerprint density at radius 3 is 2.53 bits per heavy atom. The maximum atomic E-state index is 11.9. The van der Waals surface area contributed by atoms with E-state index in [1.54, 1.807) is 0 Å². The van der Waals surface area contributed by atoms with Gasteiger partial charge in [0.25, 0.3) is 0 Å². The fraction of sp³-hybridized carbons (Fsp3) is 0.769. The van der Waals surface area contributed by atoms with Crippen molar-refractivity contribution in [2.75, 3.05) is 33.2 Å². The summed E-state index contributed by atoms with van der Waals surface area (Å²) in [5.41, 5.74) is 1.27. The van der Waals surface area contributed by atoms with Crippen molar-refractivity contribution < 1.29 is 9.90 Å². The summed E-state index contributed by atoms with van der Waals surface area (Å²) in [5.74, 6) is 0.168. The first-order valence-electron chi connectivity index (χ1n) is 6.27. The Bertz CT molecular complexity index is 277. The minimum atomic E-state index is -0.220. The number of amides is 1. The third kappa shape index (κ3) is 5.33. The summed E-state index contributed by atoms with van der Waals surface area (Å²) in [5, 5.41) is 9.38. The van der Waals surface area contributed by atoms with Crippen LogP contribution in [0.1, 0.15) is 26.7 Å². The number of hydrogen-bond acceptors (Lipinski definition) is 3. The van der Waals surface area contributed by atoms with E-state index in [0.29, 0.717) is 32.5 Å². The van der Waals surface area contributed by atoms with E-state index in [2.05, 4.69) is 19.9 Å². The zero-order chi connectivity index (χ0) is 12.8. The van der Waals surface area contributed by atoms with Crippen molar-refractivity contribution in [2.45, 2.75) is 32.8 Å². The highest BCUT2D eigenvalue weighted by Gasteiger charge is 2.21. The Labute approximate surface area is 104 Å². The van der Waals surface area contributed by atoms with Gasteiger partial charge in [-0.3, -0.25) is 9.69 Å². The van der Waals surface area contributed by atoms with E-state index in [1.807, 2.05) is 16.8 Å². The standard InChI is InChI=1S/C13H24N2O2/c1-11(2)4-7-14(3)10-13(17)15-8-5-12(16)6-9-15/h4,12,16H,5-10H2,1-3H3. The van der Waals surface area contributed by atoms with Crippen LogP contribution < -0.4 is 0 Å². The maximum absolute atomic E-state index is 11.9. The first-order chi connectivity index (χ1) is 7.99. The molecule has 1 saturated heterocycles. The summed E-state index contributed by atoms with van der Waals surface area (Å²) in [6.45, 7) is 6.76. The summed E-state index contributed by atoms with van der Waals surface area (Å²) in [6, 6.07) is 0. The quantitative estimate of drug-likeness (QED) is 0.742. The molecule has 4 nitrogen and oxygen atoms in total. The van der Waals surface area contributed by atoms with E-state index in [-0.39, 0.29) is 12.0 Å². The Hall–Kier alpha value is -0.870. The lowest BCUT2D eigenvalue weighted by molar-refractivity contribution is -0.133. The lowest BCUT2D eigenvalue weighted by atomic mass is 10.1. The molecule has 1 rings (SSSR count). The molecule has 0 atom stereocenters. The van der Waals surface area contributed by atoms with Gasteiger partial charge in [0.15, 0.2) is 0 Å². The van der Waals surface area contributed by atoms with Gasteiger partial charge in [-0.1, -0.05) is 11.6 Å². The molecule has 98 valence electrons. The molecule has 1 amide bonds. The first kappa shape index (κ1) is 14.2. The number of allylic oxidation sites excluding steroid dienone is 1. The van der Waals surface area contributed by atoms with Gasteiger partial charge in [0.05, 0.1) is 12.6 Å². The summed E-state index contributed by atoms with van der Waals surface area (Å²) >= 11 is 0. The third-order valence-corrected chi connectivity index (χ3v) is 3.03. The Morgan fingerprint density at radius 1 is 1.41 bits per heavy atom. The molecule has 0 spiro atoms. The molecule has 1 aliphatic rings. The molecule has 0 saturated carbocycles. The number of carbonyl (C=O) groups excluding carboxylic acids is 1. The second kappa shape index (κ2) is 6.77. The van der Waals surface area contributed by atoms with Crippen LogP contribution in [0.3, 0.4) is 0 Å². The van der Waals surface area contributed by atoms with Gasteiger partial charge >= 0.3 is 0 Å². The molecule has 0 aliphatic carbocycles. The molecule has 1 aliphatic heterocycles. The van der Waals surface area contributed by atoms with Crippen LogP contribution in [0.25, 0.3) is 0 Å². The van der Waals surface area contributed by atoms with Crippen molar-refractivity contribution in [3.63, 3.8) is 0 Å². The van der Waals surface area contributed by atoms with Crippen LogP contribution in [0.5, 0.6) is 0 Å². The minimum Gasteiger partial charge on any atom is -0.393 e. The average Bonchev–Trinajstić information content (AvgIpc) is 2.27. The van der Waals surface area contributed by atoms with Crippen LogP contribution in [0.4, 0.5) is 0 Å². The van der Waals surface area contributed by atoms with Gasteiger partial charge in [-0.25, -0.2) is 0 Å². The maximum Gasteiger partial charge on any atom is 0.236 e. The second-order valence-electron chi connectivity index (χ2n) is 5.09. The van der Waals surface area contributed by atoms with Crippen LogP contribution in [-0.2, 0) is 4.79 Å². The van der Waals surface area contributed by atoms with Crippen molar-refractivity contribution in [3.8, 4) is 0 Å². The van der Waals surface area contributed by atoms with Gasteiger partial charge in [-0.15, -0.1) is 0 Å². The van der Waals surface area contributed by atoms with Crippen molar-refractivity contribution in [3.05, 3.63) is 11.6 Å². The van der Waals surface area contributed by atoms with Gasteiger partial charge in [0.1, 0.15) is 0 Å². The number of piperidine rings is 1. The predicted octanol–water partition coefficient (Wildman–Crippen LogP) is 0.868. The largest absolute Gasteiger partial charge is 0.393 e. The average molecular weight is 240 g/mol. The molecule has 1 heterocycles. The first-order valence-corrected chi connectivity index (χ1v) is 6.27. The molecule has 17 heavy (non-hydrogen) atoms. The number of likely N-dealkylation sites (N-methyl/N-ethyl adjacent to an activating group) is 1. The predicted molar refractivity (Wildman–Crippen MR) is 68.7 cm³/mol. The van der Waals surface area contributed by atoms with Crippen LogP contribution in [-0.4, -0.2) is 60.1 Å². The van der Waals surface area contributed by atoms with E-state index in [0.717, 1.165) is 6.54 Å².